The Hall–Kier alpha value is -0.940. The summed E-state index contributed by atoms with van der Waals surface area (Å²) >= 11 is 0. The Labute approximate surface area is 100 Å². The third kappa shape index (κ3) is 2.35. The highest BCUT2D eigenvalue weighted by atomic mass is 16.8. The summed E-state index contributed by atoms with van der Waals surface area (Å²) in [6.07, 6.45) is 0.0695. The highest BCUT2D eigenvalue weighted by Crippen LogP contribution is 2.39. The van der Waals surface area contributed by atoms with Crippen LogP contribution in [0.15, 0.2) is 30.3 Å². The van der Waals surface area contributed by atoms with Gasteiger partial charge in [0, 0.05) is 7.11 Å². The van der Waals surface area contributed by atoms with Gasteiger partial charge in [0.1, 0.15) is 18.3 Å². The maximum Gasteiger partial charge on any atom is 0.186 e. The summed E-state index contributed by atoms with van der Waals surface area (Å²) in [5.41, 5.74) is 1.17. The largest absolute Gasteiger partial charge is 0.374 e. The van der Waals surface area contributed by atoms with Crippen LogP contribution in [0.4, 0.5) is 0 Å². The first-order valence-electron chi connectivity index (χ1n) is 5.84. The first kappa shape index (κ1) is 11.2. The molecule has 1 aromatic rings. The highest BCUT2D eigenvalue weighted by Gasteiger charge is 2.58. The Morgan fingerprint density at radius 1 is 1.12 bits per heavy atom. The molecule has 0 radical (unpaired) electrons. The Kier molecular flexibility index (Phi) is 3.11. The van der Waals surface area contributed by atoms with Gasteiger partial charge in [-0.3, -0.25) is 0 Å². The van der Waals surface area contributed by atoms with Gasteiger partial charge in [0.15, 0.2) is 6.29 Å². The molecule has 17 heavy (non-hydrogen) atoms. The summed E-state index contributed by atoms with van der Waals surface area (Å²) in [4.78, 5) is 0. The molecule has 0 spiro atoms. The standard InChI is InChI=1S/C13H16O4/c1-14-13-12-11(17-12)10(16-13)8-15-7-9-5-3-2-4-6-9/h2-6,10-13H,7-8H2,1H3/t10-,11-,12+,13?/m1/s1. The molecular formula is C13H16O4. The minimum Gasteiger partial charge on any atom is -0.374 e. The summed E-state index contributed by atoms with van der Waals surface area (Å²) < 4.78 is 21.9. The van der Waals surface area contributed by atoms with Crippen LogP contribution in [-0.2, 0) is 25.6 Å². The van der Waals surface area contributed by atoms with Crippen molar-refractivity contribution in [3.8, 4) is 0 Å². The van der Waals surface area contributed by atoms with Crippen LogP contribution >= 0.6 is 0 Å². The Morgan fingerprint density at radius 2 is 1.94 bits per heavy atom. The number of fused-ring (bicyclic) bond motifs is 1. The van der Waals surface area contributed by atoms with Crippen LogP contribution in [-0.4, -0.2) is 38.3 Å². The van der Waals surface area contributed by atoms with Crippen molar-refractivity contribution in [2.24, 2.45) is 0 Å². The van der Waals surface area contributed by atoms with Gasteiger partial charge in [0.2, 0.25) is 0 Å². The molecule has 0 N–H and O–H groups in total. The fourth-order valence-corrected chi connectivity index (χ4v) is 2.17. The lowest BCUT2D eigenvalue weighted by Crippen LogP contribution is -2.25. The zero-order valence-corrected chi connectivity index (χ0v) is 9.74. The van der Waals surface area contributed by atoms with E-state index in [0.717, 1.165) is 0 Å². The van der Waals surface area contributed by atoms with E-state index in [1.54, 1.807) is 7.11 Å². The summed E-state index contributed by atoms with van der Waals surface area (Å²) in [5, 5.41) is 0. The lowest BCUT2D eigenvalue weighted by Gasteiger charge is -2.16. The van der Waals surface area contributed by atoms with Crippen molar-refractivity contribution >= 4 is 0 Å². The van der Waals surface area contributed by atoms with E-state index in [4.69, 9.17) is 18.9 Å². The van der Waals surface area contributed by atoms with Gasteiger partial charge in [-0.25, -0.2) is 0 Å². The van der Waals surface area contributed by atoms with E-state index in [2.05, 4.69) is 0 Å². The van der Waals surface area contributed by atoms with Gasteiger partial charge in [0.25, 0.3) is 0 Å². The summed E-state index contributed by atoms with van der Waals surface area (Å²) in [6, 6.07) is 10.1. The zero-order chi connectivity index (χ0) is 11.7. The van der Waals surface area contributed by atoms with Crippen molar-refractivity contribution < 1.29 is 18.9 Å². The quantitative estimate of drug-likeness (QED) is 0.723. The highest BCUT2D eigenvalue weighted by molar-refractivity contribution is 5.13. The summed E-state index contributed by atoms with van der Waals surface area (Å²) in [5.74, 6) is 0. The lowest BCUT2D eigenvalue weighted by molar-refractivity contribution is -0.171. The van der Waals surface area contributed by atoms with E-state index in [9.17, 15) is 0 Å². The Bertz CT molecular complexity index is 367. The van der Waals surface area contributed by atoms with Crippen LogP contribution in [0.1, 0.15) is 5.56 Å². The SMILES string of the molecule is COC1O[C@H](COCc2ccccc2)[C@H]2O[C@H]12. The number of hydrogen-bond acceptors (Lipinski definition) is 4. The predicted molar refractivity (Wildman–Crippen MR) is 60.4 cm³/mol. The molecule has 2 saturated heterocycles. The molecule has 0 saturated carbocycles. The van der Waals surface area contributed by atoms with Gasteiger partial charge < -0.3 is 18.9 Å². The van der Waals surface area contributed by atoms with Crippen molar-refractivity contribution in [1.29, 1.82) is 0 Å². The number of epoxide rings is 1. The number of ether oxygens (including phenoxy) is 4. The van der Waals surface area contributed by atoms with Crippen molar-refractivity contribution in [2.75, 3.05) is 13.7 Å². The first-order valence-corrected chi connectivity index (χ1v) is 5.84. The molecule has 92 valence electrons. The van der Waals surface area contributed by atoms with E-state index < -0.39 is 0 Å². The topological polar surface area (TPSA) is 40.2 Å². The molecule has 4 nitrogen and oxygen atoms in total. The maximum atomic E-state index is 5.64. The molecule has 3 rings (SSSR count). The van der Waals surface area contributed by atoms with Gasteiger partial charge in [-0.05, 0) is 5.56 Å². The second kappa shape index (κ2) is 4.74. The molecule has 0 bridgehead atoms. The summed E-state index contributed by atoms with van der Waals surface area (Å²) in [7, 11) is 1.64. The fourth-order valence-electron chi connectivity index (χ4n) is 2.17. The molecule has 0 aromatic heterocycles. The molecule has 0 amide bonds. The smallest absolute Gasteiger partial charge is 0.186 e. The van der Waals surface area contributed by atoms with Crippen molar-refractivity contribution in [1.82, 2.24) is 0 Å². The number of benzene rings is 1. The van der Waals surface area contributed by atoms with Gasteiger partial charge in [0.05, 0.1) is 13.2 Å². The van der Waals surface area contributed by atoms with Gasteiger partial charge in [-0.1, -0.05) is 30.3 Å². The Morgan fingerprint density at radius 3 is 2.65 bits per heavy atom. The minimum atomic E-state index is -0.217. The monoisotopic (exact) mass is 236 g/mol. The second-order valence-corrected chi connectivity index (χ2v) is 4.34. The number of methoxy groups -OCH3 is 1. The van der Waals surface area contributed by atoms with Crippen LogP contribution in [0, 0.1) is 0 Å². The zero-order valence-electron chi connectivity index (χ0n) is 9.74. The third-order valence-corrected chi connectivity index (χ3v) is 3.13. The van der Waals surface area contributed by atoms with Crippen molar-refractivity contribution in [2.45, 2.75) is 31.2 Å². The van der Waals surface area contributed by atoms with Gasteiger partial charge >= 0.3 is 0 Å². The van der Waals surface area contributed by atoms with Crippen LogP contribution < -0.4 is 0 Å². The average molecular weight is 236 g/mol. The molecule has 0 aliphatic carbocycles. The van der Waals surface area contributed by atoms with Crippen LogP contribution in [0.5, 0.6) is 0 Å². The molecule has 2 fully saturated rings. The van der Waals surface area contributed by atoms with Crippen LogP contribution in [0.3, 0.4) is 0 Å². The predicted octanol–water partition coefficient (Wildman–Crippen LogP) is 1.34. The first-order chi connectivity index (χ1) is 8.38. The molecule has 1 aromatic carbocycles. The lowest BCUT2D eigenvalue weighted by atomic mass is 10.2. The van der Waals surface area contributed by atoms with E-state index in [1.807, 2.05) is 30.3 Å². The van der Waals surface area contributed by atoms with Gasteiger partial charge in [-0.15, -0.1) is 0 Å². The van der Waals surface area contributed by atoms with Gasteiger partial charge in [-0.2, -0.15) is 0 Å². The molecule has 4 heteroatoms. The Balaban J connectivity index is 1.44. The van der Waals surface area contributed by atoms with E-state index in [0.29, 0.717) is 13.2 Å². The summed E-state index contributed by atoms with van der Waals surface area (Å²) in [6.45, 7) is 1.16. The van der Waals surface area contributed by atoms with Crippen LogP contribution in [0.25, 0.3) is 0 Å². The normalized spacial score (nSPS) is 34.6. The number of rotatable bonds is 5. The third-order valence-electron chi connectivity index (χ3n) is 3.13. The molecule has 1 unspecified atom stereocenters. The minimum absolute atomic E-state index is 0.00802. The van der Waals surface area contributed by atoms with Crippen LogP contribution in [0.2, 0.25) is 0 Å². The molecule has 2 aliphatic heterocycles. The molecule has 4 atom stereocenters. The second-order valence-electron chi connectivity index (χ2n) is 4.34. The van der Waals surface area contributed by atoms with Crippen molar-refractivity contribution in [3.63, 3.8) is 0 Å². The fraction of sp³-hybridized carbons (Fsp3) is 0.538. The number of hydrogen-bond donors (Lipinski definition) is 0. The molecule has 2 heterocycles. The van der Waals surface area contributed by atoms with E-state index in [1.165, 1.54) is 5.56 Å². The van der Waals surface area contributed by atoms with E-state index >= 15 is 0 Å². The maximum absolute atomic E-state index is 5.64. The van der Waals surface area contributed by atoms with E-state index in [-0.39, 0.29) is 24.6 Å². The average Bonchev–Trinajstić information content (AvgIpc) is 3.09. The van der Waals surface area contributed by atoms with Crippen molar-refractivity contribution in [3.05, 3.63) is 35.9 Å². The molecule has 2 aliphatic rings. The molecular weight excluding hydrogens is 220 g/mol.